The number of halogens is 2. The van der Waals surface area contributed by atoms with E-state index in [4.69, 9.17) is 16.7 Å². The van der Waals surface area contributed by atoms with Gasteiger partial charge in [0.15, 0.2) is 5.82 Å². The van der Waals surface area contributed by atoms with Gasteiger partial charge in [-0.05, 0) is 54.2 Å². The lowest BCUT2D eigenvalue weighted by Crippen LogP contribution is -2.35. The predicted octanol–water partition coefficient (Wildman–Crippen LogP) is 5.19. The largest absolute Gasteiger partial charge is 0.481 e. The number of hydrogen-bond donors (Lipinski definition) is 1. The highest BCUT2D eigenvalue weighted by atomic mass is 35.5. The molecular formula is C26H27ClFN3O2. The monoisotopic (exact) mass is 467 g/mol. The lowest BCUT2D eigenvalue weighted by molar-refractivity contribution is -0.138. The van der Waals surface area contributed by atoms with Crippen molar-refractivity contribution in [3.05, 3.63) is 81.9 Å². The van der Waals surface area contributed by atoms with Gasteiger partial charge in [0, 0.05) is 49.3 Å². The van der Waals surface area contributed by atoms with E-state index in [1.807, 2.05) is 37.3 Å². The predicted molar refractivity (Wildman–Crippen MR) is 127 cm³/mol. The van der Waals surface area contributed by atoms with Gasteiger partial charge in [-0.2, -0.15) is 0 Å². The molecule has 5 nitrogen and oxygen atoms in total. The minimum Gasteiger partial charge on any atom is -0.481 e. The quantitative estimate of drug-likeness (QED) is 0.493. The molecule has 1 aliphatic rings. The van der Waals surface area contributed by atoms with Crippen molar-refractivity contribution in [3.8, 4) is 11.4 Å². The molecule has 1 atom stereocenters. The lowest BCUT2D eigenvalue weighted by Gasteiger charge is -2.29. The summed E-state index contributed by atoms with van der Waals surface area (Å²) in [4.78, 5) is 22.2. The molecule has 0 radical (unpaired) electrons. The fourth-order valence-corrected chi connectivity index (χ4v) is 4.55. The molecule has 33 heavy (non-hydrogen) atoms. The van der Waals surface area contributed by atoms with Crippen molar-refractivity contribution in [1.29, 1.82) is 0 Å². The Morgan fingerprint density at radius 2 is 2.00 bits per heavy atom. The van der Waals surface area contributed by atoms with Crippen LogP contribution in [0.2, 0.25) is 5.02 Å². The van der Waals surface area contributed by atoms with Crippen LogP contribution in [-0.2, 0) is 30.6 Å². The molecule has 2 heterocycles. The van der Waals surface area contributed by atoms with E-state index < -0.39 is 5.97 Å². The van der Waals surface area contributed by atoms with Crippen LogP contribution in [0.15, 0.2) is 48.7 Å². The molecule has 1 aromatic heterocycles. The van der Waals surface area contributed by atoms with E-state index in [9.17, 15) is 9.18 Å². The van der Waals surface area contributed by atoms with Crippen molar-refractivity contribution in [2.45, 2.75) is 39.2 Å². The maximum Gasteiger partial charge on any atom is 0.303 e. The van der Waals surface area contributed by atoms with Crippen LogP contribution in [0.3, 0.4) is 0 Å². The van der Waals surface area contributed by atoms with Crippen LogP contribution in [0.25, 0.3) is 11.4 Å². The summed E-state index contributed by atoms with van der Waals surface area (Å²) < 4.78 is 14.9. The first-order valence-corrected chi connectivity index (χ1v) is 11.6. The number of carbonyl (C=O) groups is 1. The van der Waals surface area contributed by atoms with Crippen LogP contribution in [0, 0.1) is 11.7 Å². The third-order valence-electron chi connectivity index (χ3n) is 5.97. The summed E-state index contributed by atoms with van der Waals surface area (Å²) in [6, 6.07) is 13.0. The van der Waals surface area contributed by atoms with Gasteiger partial charge in [0.05, 0.1) is 11.3 Å². The number of rotatable bonds is 8. The zero-order valence-corrected chi connectivity index (χ0v) is 19.4. The van der Waals surface area contributed by atoms with Crippen LogP contribution in [0.5, 0.6) is 0 Å². The highest BCUT2D eigenvalue weighted by Gasteiger charge is 2.21. The van der Waals surface area contributed by atoms with Crippen LogP contribution >= 0.6 is 11.6 Å². The number of carboxylic acids is 1. The zero-order chi connectivity index (χ0) is 23.4. The fraction of sp³-hybridized carbons (Fsp3) is 0.346. The van der Waals surface area contributed by atoms with Crippen LogP contribution in [0.1, 0.15) is 35.7 Å². The molecule has 172 valence electrons. The number of carboxylic acid groups (broad SMARTS) is 1. The summed E-state index contributed by atoms with van der Waals surface area (Å²) in [6.45, 7) is 4.16. The topological polar surface area (TPSA) is 66.3 Å². The molecule has 0 fully saturated rings. The maximum absolute atomic E-state index is 14.9. The molecule has 1 N–H and O–H groups in total. The van der Waals surface area contributed by atoms with Crippen molar-refractivity contribution >= 4 is 17.6 Å². The highest BCUT2D eigenvalue weighted by Crippen LogP contribution is 2.25. The second kappa shape index (κ2) is 10.4. The molecule has 0 saturated heterocycles. The Morgan fingerprint density at radius 3 is 2.73 bits per heavy atom. The fourth-order valence-electron chi connectivity index (χ4n) is 4.34. The third kappa shape index (κ3) is 6.15. The first kappa shape index (κ1) is 23.3. The maximum atomic E-state index is 14.9. The number of aliphatic carboxylic acids is 1. The normalized spacial score (nSPS) is 14.6. The van der Waals surface area contributed by atoms with Crippen molar-refractivity contribution in [2.24, 2.45) is 5.92 Å². The second-order valence-corrected chi connectivity index (χ2v) is 9.23. The molecule has 1 unspecified atom stereocenters. The van der Waals surface area contributed by atoms with E-state index in [1.54, 1.807) is 18.3 Å². The van der Waals surface area contributed by atoms with Gasteiger partial charge in [-0.25, -0.2) is 14.4 Å². The molecule has 7 heteroatoms. The Balaban J connectivity index is 1.42. The summed E-state index contributed by atoms with van der Waals surface area (Å²) in [5.41, 5.74) is 4.40. The number of benzene rings is 2. The molecule has 0 aliphatic carbocycles. The van der Waals surface area contributed by atoms with E-state index >= 15 is 0 Å². The summed E-state index contributed by atoms with van der Waals surface area (Å²) in [6.07, 6.45) is 4.18. The standard InChI is InChI=1S/C26H27ClFN3O2/c1-17(11-25(32)33)15-31-10-9-24-20(16-31)14-29-26(30-24)22-8-7-19(13-23(22)28)6-5-18-3-2-4-21(27)12-18/h2-4,7-8,12-14,17H,5-6,9-11,15-16H2,1H3,(H,32,33). The minimum absolute atomic E-state index is 0.0794. The van der Waals surface area contributed by atoms with Crippen LogP contribution in [-0.4, -0.2) is 39.0 Å². The van der Waals surface area contributed by atoms with Gasteiger partial charge < -0.3 is 5.11 Å². The van der Waals surface area contributed by atoms with Crippen molar-refractivity contribution in [3.63, 3.8) is 0 Å². The number of aryl methyl sites for hydroxylation is 2. The summed E-state index contributed by atoms with van der Waals surface area (Å²) in [7, 11) is 0. The number of hydrogen-bond acceptors (Lipinski definition) is 4. The van der Waals surface area contributed by atoms with E-state index in [0.29, 0.717) is 23.0 Å². The molecule has 2 aromatic carbocycles. The Hall–Kier alpha value is -2.83. The SMILES string of the molecule is CC(CC(=O)O)CN1CCc2nc(-c3ccc(CCc4cccc(Cl)c4)cc3F)ncc2C1. The third-order valence-corrected chi connectivity index (χ3v) is 6.21. The van der Waals surface area contributed by atoms with E-state index in [1.165, 1.54) is 0 Å². The van der Waals surface area contributed by atoms with Gasteiger partial charge in [-0.15, -0.1) is 0 Å². The second-order valence-electron chi connectivity index (χ2n) is 8.80. The molecule has 0 bridgehead atoms. The van der Waals surface area contributed by atoms with Crippen molar-refractivity contribution in [2.75, 3.05) is 13.1 Å². The van der Waals surface area contributed by atoms with E-state index in [0.717, 1.165) is 54.7 Å². The molecule has 1 aliphatic heterocycles. The van der Waals surface area contributed by atoms with Crippen LogP contribution in [0.4, 0.5) is 4.39 Å². The molecule has 0 spiro atoms. The van der Waals surface area contributed by atoms with Gasteiger partial charge in [0.1, 0.15) is 5.82 Å². The van der Waals surface area contributed by atoms with E-state index in [2.05, 4.69) is 14.9 Å². The van der Waals surface area contributed by atoms with Gasteiger partial charge in [0.25, 0.3) is 0 Å². The highest BCUT2D eigenvalue weighted by molar-refractivity contribution is 6.30. The Labute approximate surface area is 198 Å². The molecule has 4 rings (SSSR count). The molecule has 3 aromatic rings. The molecular weight excluding hydrogens is 441 g/mol. The first-order valence-electron chi connectivity index (χ1n) is 11.2. The van der Waals surface area contributed by atoms with Gasteiger partial charge in [-0.3, -0.25) is 9.69 Å². The minimum atomic E-state index is -0.773. The lowest BCUT2D eigenvalue weighted by atomic mass is 10.0. The number of fused-ring (bicyclic) bond motifs is 1. The number of aromatic nitrogens is 2. The number of nitrogens with zero attached hydrogens (tertiary/aromatic N) is 3. The Bertz CT molecular complexity index is 1150. The summed E-state index contributed by atoms with van der Waals surface area (Å²) >= 11 is 6.04. The van der Waals surface area contributed by atoms with Crippen molar-refractivity contribution in [1.82, 2.24) is 14.9 Å². The Morgan fingerprint density at radius 1 is 1.21 bits per heavy atom. The molecule has 0 saturated carbocycles. The zero-order valence-electron chi connectivity index (χ0n) is 18.6. The smallest absolute Gasteiger partial charge is 0.303 e. The van der Waals surface area contributed by atoms with Gasteiger partial charge in [0.2, 0.25) is 0 Å². The molecule has 0 amide bonds. The van der Waals surface area contributed by atoms with Crippen LogP contribution < -0.4 is 0 Å². The first-order chi connectivity index (χ1) is 15.9. The summed E-state index contributed by atoms with van der Waals surface area (Å²) in [5.74, 6) is -0.611. The van der Waals surface area contributed by atoms with Gasteiger partial charge >= 0.3 is 5.97 Å². The van der Waals surface area contributed by atoms with Crippen molar-refractivity contribution < 1.29 is 14.3 Å². The Kier molecular flexibility index (Phi) is 7.36. The van der Waals surface area contributed by atoms with Gasteiger partial charge in [-0.1, -0.05) is 36.7 Å². The average Bonchev–Trinajstić information content (AvgIpc) is 2.77. The van der Waals surface area contributed by atoms with E-state index in [-0.39, 0.29) is 18.2 Å². The average molecular weight is 468 g/mol. The summed E-state index contributed by atoms with van der Waals surface area (Å²) in [5, 5.41) is 9.67.